The summed E-state index contributed by atoms with van der Waals surface area (Å²) in [5.41, 5.74) is 2.19. The van der Waals surface area contributed by atoms with Gasteiger partial charge in [-0.25, -0.2) is 0 Å². The lowest BCUT2D eigenvalue weighted by molar-refractivity contribution is 0.112. The SMILES string of the molecule is CCc1ccc(Oc2ccc(C=O)cc2C#N)cc1C#N. The van der Waals surface area contributed by atoms with Crippen LogP contribution in [0, 0.1) is 22.7 Å². The Kier molecular flexibility index (Phi) is 4.33. The highest BCUT2D eigenvalue weighted by molar-refractivity contribution is 5.76. The molecule has 4 nitrogen and oxygen atoms in total. The Morgan fingerprint density at radius 2 is 1.86 bits per heavy atom. The molecule has 0 aliphatic rings. The molecule has 2 aromatic rings. The fraction of sp³-hybridized carbons (Fsp3) is 0.118. The van der Waals surface area contributed by atoms with E-state index in [4.69, 9.17) is 15.3 Å². The number of hydrogen-bond acceptors (Lipinski definition) is 4. The third-order valence-corrected chi connectivity index (χ3v) is 3.07. The van der Waals surface area contributed by atoms with Gasteiger partial charge in [0.15, 0.2) is 0 Å². The second-order valence-corrected chi connectivity index (χ2v) is 4.37. The molecular formula is C17H12N2O2. The summed E-state index contributed by atoms with van der Waals surface area (Å²) in [6.07, 6.45) is 1.44. The van der Waals surface area contributed by atoms with Crippen LogP contribution in [0.2, 0.25) is 0 Å². The van der Waals surface area contributed by atoms with Crippen molar-refractivity contribution in [2.24, 2.45) is 0 Å². The first kappa shape index (κ1) is 14.3. The van der Waals surface area contributed by atoms with Gasteiger partial charge in [0.1, 0.15) is 23.9 Å². The van der Waals surface area contributed by atoms with Crippen LogP contribution in [0.15, 0.2) is 36.4 Å². The molecule has 0 saturated carbocycles. The molecule has 0 aromatic heterocycles. The highest BCUT2D eigenvalue weighted by atomic mass is 16.5. The van der Waals surface area contributed by atoms with E-state index >= 15 is 0 Å². The molecule has 0 fully saturated rings. The zero-order valence-corrected chi connectivity index (χ0v) is 11.5. The predicted octanol–water partition coefficient (Wildman–Crippen LogP) is 3.60. The molecule has 0 bridgehead atoms. The van der Waals surface area contributed by atoms with Gasteiger partial charge in [0.2, 0.25) is 0 Å². The molecule has 0 aliphatic heterocycles. The Bertz CT molecular complexity index is 767. The Morgan fingerprint density at radius 1 is 1.10 bits per heavy atom. The van der Waals surface area contributed by atoms with Crippen molar-refractivity contribution in [1.29, 1.82) is 10.5 Å². The van der Waals surface area contributed by atoms with Crippen molar-refractivity contribution in [2.45, 2.75) is 13.3 Å². The number of aryl methyl sites for hydroxylation is 1. The van der Waals surface area contributed by atoms with Crippen molar-refractivity contribution < 1.29 is 9.53 Å². The molecule has 0 N–H and O–H groups in total. The van der Waals surface area contributed by atoms with Crippen LogP contribution in [0.5, 0.6) is 11.5 Å². The van der Waals surface area contributed by atoms with E-state index < -0.39 is 0 Å². The summed E-state index contributed by atoms with van der Waals surface area (Å²) in [7, 11) is 0. The number of rotatable bonds is 4. The molecular weight excluding hydrogens is 264 g/mol. The molecule has 2 aromatic carbocycles. The summed E-state index contributed by atoms with van der Waals surface area (Å²) >= 11 is 0. The van der Waals surface area contributed by atoms with E-state index in [1.807, 2.05) is 19.1 Å². The average Bonchev–Trinajstić information content (AvgIpc) is 2.55. The minimum Gasteiger partial charge on any atom is -0.456 e. The number of ether oxygens (including phenoxy) is 1. The van der Waals surface area contributed by atoms with Crippen LogP contribution in [0.4, 0.5) is 0 Å². The van der Waals surface area contributed by atoms with E-state index in [9.17, 15) is 4.79 Å². The molecule has 0 atom stereocenters. The normalized spacial score (nSPS) is 9.48. The van der Waals surface area contributed by atoms with Gasteiger partial charge in [-0.2, -0.15) is 10.5 Å². The van der Waals surface area contributed by atoms with Gasteiger partial charge in [-0.1, -0.05) is 13.0 Å². The van der Waals surface area contributed by atoms with Gasteiger partial charge in [-0.3, -0.25) is 4.79 Å². The average molecular weight is 276 g/mol. The fourth-order valence-electron chi connectivity index (χ4n) is 1.96. The first-order valence-electron chi connectivity index (χ1n) is 6.42. The first-order chi connectivity index (χ1) is 10.2. The lowest BCUT2D eigenvalue weighted by Crippen LogP contribution is -1.93. The van der Waals surface area contributed by atoms with Gasteiger partial charge in [0, 0.05) is 5.56 Å². The van der Waals surface area contributed by atoms with E-state index in [0.717, 1.165) is 12.0 Å². The molecule has 0 radical (unpaired) electrons. The van der Waals surface area contributed by atoms with Crippen LogP contribution in [-0.4, -0.2) is 6.29 Å². The van der Waals surface area contributed by atoms with Crippen LogP contribution >= 0.6 is 0 Å². The minimum absolute atomic E-state index is 0.276. The van der Waals surface area contributed by atoms with Gasteiger partial charge in [0.05, 0.1) is 17.2 Å². The van der Waals surface area contributed by atoms with Gasteiger partial charge in [-0.15, -0.1) is 0 Å². The van der Waals surface area contributed by atoms with E-state index in [1.54, 1.807) is 24.3 Å². The largest absolute Gasteiger partial charge is 0.456 e. The molecule has 0 saturated heterocycles. The van der Waals surface area contributed by atoms with E-state index in [-0.39, 0.29) is 5.56 Å². The Labute approximate surface area is 122 Å². The van der Waals surface area contributed by atoms with Crippen LogP contribution in [0.3, 0.4) is 0 Å². The van der Waals surface area contributed by atoms with Gasteiger partial charge in [0.25, 0.3) is 0 Å². The van der Waals surface area contributed by atoms with Crippen molar-refractivity contribution in [3.8, 4) is 23.6 Å². The molecule has 21 heavy (non-hydrogen) atoms. The number of aldehydes is 1. The zero-order valence-electron chi connectivity index (χ0n) is 11.5. The second kappa shape index (κ2) is 6.36. The summed E-state index contributed by atoms with van der Waals surface area (Å²) < 4.78 is 5.65. The maximum atomic E-state index is 10.7. The lowest BCUT2D eigenvalue weighted by Gasteiger charge is -2.09. The van der Waals surface area contributed by atoms with E-state index in [0.29, 0.717) is 28.9 Å². The summed E-state index contributed by atoms with van der Waals surface area (Å²) in [6, 6.07) is 14.0. The maximum absolute atomic E-state index is 10.7. The number of benzene rings is 2. The molecule has 102 valence electrons. The van der Waals surface area contributed by atoms with Crippen LogP contribution < -0.4 is 4.74 Å². The monoisotopic (exact) mass is 276 g/mol. The Hall–Kier alpha value is -3.11. The summed E-state index contributed by atoms with van der Waals surface area (Å²) in [5, 5.41) is 18.2. The second-order valence-electron chi connectivity index (χ2n) is 4.37. The highest BCUT2D eigenvalue weighted by Crippen LogP contribution is 2.27. The van der Waals surface area contributed by atoms with Crippen molar-refractivity contribution in [3.63, 3.8) is 0 Å². The minimum atomic E-state index is 0.276. The third kappa shape index (κ3) is 3.08. The van der Waals surface area contributed by atoms with Gasteiger partial charge in [-0.05, 0) is 42.3 Å². The summed E-state index contributed by atoms with van der Waals surface area (Å²) in [5.74, 6) is 0.843. The quantitative estimate of drug-likeness (QED) is 0.800. The highest BCUT2D eigenvalue weighted by Gasteiger charge is 2.08. The van der Waals surface area contributed by atoms with Crippen LogP contribution in [-0.2, 0) is 6.42 Å². The summed E-state index contributed by atoms with van der Waals surface area (Å²) in [6.45, 7) is 1.97. The van der Waals surface area contributed by atoms with E-state index in [1.165, 1.54) is 6.07 Å². The fourth-order valence-corrected chi connectivity index (χ4v) is 1.96. The Balaban J connectivity index is 2.37. The van der Waals surface area contributed by atoms with Crippen molar-refractivity contribution in [1.82, 2.24) is 0 Å². The topological polar surface area (TPSA) is 73.9 Å². The number of carbonyl (C=O) groups is 1. The smallest absolute Gasteiger partial charge is 0.150 e. The molecule has 0 unspecified atom stereocenters. The Morgan fingerprint density at radius 3 is 2.48 bits per heavy atom. The molecule has 2 rings (SSSR count). The standard InChI is InChI=1S/C17H12N2O2/c1-2-13-4-5-16(8-14(13)9-18)21-17-6-3-12(11-20)7-15(17)10-19/h3-8,11H,2H2,1H3. The molecule has 4 heteroatoms. The first-order valence-corrected chi connectivity index (χ1v) is 6.42. The summed E-state index contributed by atoms with van der Waals surface area (Å²) in [4.78, 5) is 10.7. The zero-order chi connectivity index (χ0) is 15.2. The van der Waals surface area contributed by atoms with Crippen molar-refractivity contribution in [2.75, 3.05) is 0 Å². The molecule has 0 aliphatic carbocycles. The molecule has 0 heterocycles. The van der Waals surface area contributed by atoms with Crippen molar-refractivity contribution in [3.05, 3.63) is 58.7 Å². The van der Waals surface area contributed by atoms with Crippen molar-refractivity contribution >= 4 is 6.29 Å². The number of nitrogens with zero attached hydrogens (tertiary/aromatic N) is 2. The van der Waals surface area contributed by atoms with Gasteiger partial charge < -0.3 is 4.74 Å². The lowest BCUT2D eigenvalue weighted by atomic mass is 10.1. The number of nitriles is 2. The van der Waals surface area contributed by atoms with Crippen LogP contribution in [0.1, 0.15) is 34.0 Å². The predicted molar refractivity (Wildman–Crippen MR) is 77.2 cm³/mol. The van der Waals surface area contributed by atoms with Crippen LogP contribution in [0.25, 0.3) is 0 Å². The third-order valence-electron chi connectivity index (χ3n) is 3.07. The number of hydrogen-bond donors (Lipinski definition) is 0. The molecule has 0 amide bonds. The molecule has 0 spiro atoms. The maximum Gasteiger partial charge on any atom is 0.150 e. The number of carbonyl (C=O) groups excluding carboxylic acids is 1. The van der Waals surface area contributed by atoms with E-state index in [2.05, 4.69) is 6.07 Å². The van der Waals surface area contributed by atoms with Gasteiger partial charge >= 0.3 is 0 Å².